The van der Waals surface area contributed by atoms with Gasteiger partial charge in [0.1, 0.15) is 0 Å². The summed E-state index contributed by atoms with van der Waals surface area (Å²) in [7, 11) is -2.44. The van der Waals surface area contributed by atoms with Crippen LogP contribution in [0.1, 0.15) is 26.5 Å². The Kier molecular flexibility index (Phi) is 5.37. The van der Waals surface area contributed by atoms with E-state index in [4.69, 9.17) is 5.73 Å². The minimum absolute atomic E-state index is 0.0458. The summed E-state index contributed by atoms with van der Waals surface area (Å²) in [5.41, 5.74) is 6.33. The lowest BCUT2D eigenvalue weighted by Gasteiger charge is -2.19. The van der Waals surface area contributed by atoms with Gasteiger partial charge in [0, 0.05) is 12.6 Å². The van der Waals surface area contributed by atoms with Crippen LogP contribution in [0.25, 0.3) is 0 Å². The number of hydrogen-bond donors (Lipinski definition) is 3. The van der Waals surface area contributed by atoms with E-state index in [0.717, 1.165) is 4.31 Å². The second kappa shape index (κ2) is 7.76. The van der Waals surface area contributed by atoms with E-state index in [1.807, 2.05) is 0 Å². The number of H-pyrrole nitrogens is 1. The van der Waals surface area contributed by atoms with Gasteiger partial charge in [-0.3, -0.25) is 19.0 Å². The number of hydrogen-bond acceptors (Lipinski definition) is 5. The molecule has 150 valence electrons. The summed E-state index contributed by atoms with van der Waals surface area (Å²) in [5.74, 6) is -1.40. The van der Waals surface area contributed by atoms with Gasteiger partial charge in [0.15, 0.2) is 5.69 Å². The monoisotopic (exact) mass is 413 g/mol. The first-order chi connectivity index (χ1) is 13.7. The van der Waals surface area contributed by atoms with Crippen molar-refractivity contribution in [2.45, 2.75) is 11.8 Å². The molecule has 2 aromatic carbocycles. The summed E-state index contributed by atoms with van der Waals surface area (Å²) in [5, 5.41) is 8.89. The number of carbonyl (C=O) groups is 2. The van der Waals surface area contributed by atoms with Gasteiger partial charge in [0.05, 0.1) is 22.0 Å². The van der Waals surface area contributed by atoms with Crippen molar-refractivity contribution in [2.75, 3.05) is 16.7 Å². The van der Waals surface area contributed by atoms with E-state index in [1.165, 1.54) is 31.3 Å². The first kappa shape index (κ1) is 20.1. The van der Waals surface area contributed by atoms with Gasteiger partial charge in [0.25, 0.3) is 21.8 Å². The molecule has 10 heteroatoms. The van der Waals surface area contributed by atoms with Crippen molar-refractivity contribution >= 4 is 33.2 Å². The Morgan fingerprint density at radius 2 is 1.79 bits per heavy atom. The standard InChI is InChI=1S/C19H19N5O4S/c1-12-16(17(18(20)25)23-22-12)21-19(26)13-7-6-10-15(11-13)29(27,28)24(2)14-8-4-3-5-9-14/h3-11H,1-2H3,(H2,20,25)(H,21,26)(H,22,23). The van der Waals surface area contributed by atoms with Gasteiger partial charge in [-0.15, -0.1) is 0 Å². The molecule has 0 unspecified atom stereocenters. The van der Waals surface area contributed by atoms with Crippen molar-refractivity contribution in [3.63, 3.8) is 0 Å². The van der Waals surface area contributed by atoms with E-state index in [-0.39, 0.29) is 21.8 Å². The molecule has 0 aliphatic carbocycles. The van der Waals surface area contributed by atoms with Crippen LogP contribution in [0.2, 0.25) is 0 Å². The van der Waals surface area contributed by atoms with Crippen molar-refractivity contribution in [3.8, 4) is 0 Å². The highest BCUT2D eigenvalue weighted by atomic mass is 32.2. The summed E-state index contributed by atoms with van der Waals surface area (Å²) in [6.07, 6.45) is 0. The van der Waals surface area contributed by atoms with E-state index >= 15 is 0 Å². The second-order valence-electron chi connectivity index (χ2n) is 6.23. The van der Waals surface area contributed by atoms with Gasteiger partial charge in [0.2, 0.25) is 0 Å². The number of carbonyl (C=O) groups excluding carboxylic acids is 2. The third kappa shape index (κ3) is 3.97. The first-order valence-electron chi connectivity index (χ1n) is 8.52. The molecule has 9 nitrogen and oxygen atoms in total. The lowest BCUT2D eigenvalue weighted by Crippen LogP contribution is -2.27. The molecule has 0 atom stereocenters. The molecule has 0 aliphatic heterocycles. The number of primary amides is 1. The van der Waals surface area contributed by atoms with Gasteiger partial charge in [-0.2, -0.15) is 5.10 Å². The lowest BCUT2D eigenvalue weighted by molar-refractivity contribution is 0.0996. The van der Waals surface area contributed by atoms with Crippen LogP contribution < -0.4 is 15.4 Å². The smallest absolute Gasteiger partial charge is 0.271 e. The number of amides is 2. The van der Waals surface area contributed by atoms with E-state index in [2.05, 4.69) is 15.5 Å². The maximum absolute atomic E-state index is 12.9. The summed E-state index contributed by atoms with van der Waals surface area (Å²) < 4.78 is 27.0. The highest BCUT2D eigenvalue weighted by Gasteiger charge is 2.23. The molecule has 0 aliphatic rings. The molecule has 29 heavy (non-hydrogen) atoms. The Morgan fingerprint density at radius 1 is 1.10 bits per heavy atom. The topological polar surface area (TPSA) is 138 Å². The molecule has 2 amide bonds. The molecule has 0 bridgehead atoms. The minimum atomic E-state index is -3.88. The van der Waals surface area contributed by atoms with Crippen molar-refractivity contribution in [1.29, 1.82) is 0 Å². The van der Waals surface area contributed by atoms with Crippen molar-refractivity contribution in [3.05, 3.63) is 71.5 Å². The molecule has 0 spiro atoms. The molecule has 1 heterocycles. The van der Waals surface area contributed by atoms with E-state index in [9.17, 15) is 18.0 Å². The van der Waals surface area contributed by atoms with Crippen molar-refractivity contribution in [1.82, 2.24) is 10.2 Å². The first-order valence-corrected chi connectivity index (χ1v) is 9.96. The fourth-order valence-corrected chi connectivity index (χ4v) is 3.92. The predicted octanol–water partition coefficient (Wildman–Crippen LogP) is 1.89. The molecule has 0 fully saturated rings. The summed E-state index contributed by atoms with van der Waals surface area (Å²) in [4.78, 5) is 24.1. The van der Waals surface area contributed by atoms with Crippen LogP contribution in [0.5, 0.6) is 0 Å². The molecule has 3 rings (SSSR count). The molecule has 4 N–H and O–H groups in total. The molecular weight excluding hydrogens is 394 g/mol. The van der Waals surface area contributed by atoms with Crippen LogP contribution in [0.3, 0.4) is 0 Å². The maximum atomic E-state index is 12.9. The Labute approximate surface area is 167 Å². The van der Waals surface area contributed by atoms with E-state index in [1.54, 1.807) is 37.3 Å². The van der Waals surface area contributed by atoms with Gasteiger partial charge in [-0.1, -0.05) is 24.3 Å². The molecule has 0 saturated carbocycles. The average Bonchev–Trinajstić information content (AvgIpc) is 3.08. The summed E-state index contributed by atoms with van der Waals surface area (Å²) in [6, 6.07) is 14.2. The fourth-order valence-electron chi connectivity index (χ4n) is 2.68. The number of nitrogens with zero attached hydrogens (tertiary/aromatic N) is 2. The van der Waals surface area contributed by atoms with Gasteiger partial charge >= 0.3 is 0 Å². The number of anilines is 2. The van der Waals surface area contributed by atoms with Gasteiger partial charge < -0.3 is 11.1 Å². The quantitative estimate of drug-likeness (QED) is 0.566. The molecule has 0 saturated heterocycles. The van der Waals surface area contributed by atoms with Crippen LogP contribution in [0.15, 0.2) is 59.5 Å². The molecule has 3 aromatic rings. The van der Waals surface area contributed by atoms with E-state index < -0.39 is 21.8 Å². The Balaban J connectivity index is 1.91. The number of para-hydroxylation sites is 1. The minimum Gasteiger partial charge on any atom is -0.364 e. The normalized spacial score (nSPS) is 11.1. The van der Waals surface area contributed by atoms with Gasteiger partial charge in [-0.05, 0) is 37.3 Å². The zero-order valence-corrected chi connectivity index (χ0v) is 16.5. The molecule has 1 aromatic heterocycles. The van der Waals surface area contributed by atoms with Crippen LogP contribution in [0.4, 0.5) is 11.4 Å². The van der Waals surface area contributed by atoms with Crippen LogP contribution >= 0.6 is 0 Å². The predicted molar refractivity (Wildman–Crippen MR) is 108 cm³/mol. The highest BCUT2D eigenvalue weighted by molar-refractivity contribution is 7.92. The number of sulfonamides is 1. The average molecular weight is 413 g/mol. The van der Waals surface area contributed by atoms with Gasteiger partial charge in [-0.25, -0.2) is 8.42 Å². The zero-order valence-electron chi connectivity index (χ0n) is 15.7. The number of aryl methyl sites for hydroxylation is 1. The summed E-state index contributed by atoms with van der Waals surface area (Å²) in [6.45, 7) is 1.62. The SMILES string of the molecule is Cc1[nH]nc(C(N)=O)c1NC(=O)c1cccc(S(=O)(=O)N(C)c2ccccc2)c1. The highest BCUT2D eigenvalue weighted by Crippen LogP contribution is 2.23. The Bertz CT molecular complexity index is 1170. The fraction of sp³-hybridized carbons (Fsp3) is 0.105. The van der Waals surface area contributed by atoms with Crippen LogP contribution in [0, 0.1) is 6.92 Å². The number of benzene rings is 2. The van der Waals surface area contributed by atoms with Crippen molar-refractivity contribution < 1.29 is 18.0 Å². The molecular formula is C19H19N5O4S. The zero-order chi connectivity index (χ0) is 21.2. The van der Waals surface area contributed by atoms with Crippen LogP contribution in [-0.4, -0.2) is 37.5 Å². The third-order valence-corrected chi connectivity index (χ3v) is 6.08. The lowest BCUT2D eigenvalue weighted by atomic mass is 10.2. The summed E-state index contributed by atoms with van der Waals surface area (Å²) >= 11 is 0. The largest absolute Gasteiger partial charge is 0.364 e. The van der Waals surface area contributed by atoms with Crippen LogP contribution in [-0.2, 0) is 10.0 Å². The Hall–Kier alpha value is -3.66. The number of aromatic amines is 1. The third-order valence-electron chi connectivity index (χ3n) is 4.29. The number of nitrogens with one attached hydrogen (secondary N) is 2. The number of nitrogens with two attached hydrogens (primary N) is 1. The molecule has 0 radical (unpaired) electrons. The number of aromatic nitrogens is 2. The van der Waals surface area contributed by atoms with E-state index in [0.29, 0.717) is 11.4 Å². The van der Waals surface area contributed by atoms with Crippen molar-refractivity contribution in [2.24, 2.45) is 5.73 Å². The second-order valence-corrected chi connectivity index (χ2v) is 8.20. The number of rotatable bonds is 6. The Morgan fingerprint density at radius 3 is 2.45 bits per heavy atom. The maximum Gasteiger partial charge on any atom is 0.271 e.